The van der Waals surface area contributed by atoms with E-state index in [9.17, 15) is 14.4 Å². The lowest BCUT2D eigenvalue weighted by Crippen LogP contribution is -2.51. The molecule has 0 spiro atoms. The quantitative estimate of drug-likeness (QED) is 0.583. The summed E-state index contributed by atoms with van der Waals surface area (Å²) in [6, 6.07) is 16.7. The molecule has 2 aromatic carbocycles. The second kappa shape index (κ2) is 11.7. The number of anilines is 1. The molecule has 1 N–H and O–H groups in total. The molecular formula is C26H32N4O5. The summed E-state index contributed by atoms with van der Waals surface area (Å²) in [7, 11) is 1.57. The van der Waals surface area contributed by atoms with Crippen LogP contribution in [0.2, 0.25) is 0 Å². The van der Waals surface area contributed by atoms with E-state index in [1.165, 1.54) is 0 Å². The van der Waals surface area contributed by atoms with E-state index in [-0.39, 0.29) is 36.7 Å². The van der Waals surface area contributed by atoms with Gasteiger partial charge in [0.15, 0.2) is 18.1 Å². The Balaban J connectivity index is 1.14. The Kier molecular flexibility index (Phi) is 8.20. The zero-order valence-corrected chi connectivity index (χ0v) is 20.0. The highest BCUT2D eigenvalue weighted by Crippen LogP contribution is 2.26. The standard InChI is InChI=1S/C26H32N4O5/c1-34-22-9-5-6-10-23(22)35-19-25(32)29-15-13-28(14-16-29)12-11-27-26(33)20-17-24(31)30(18-20)21-7-3-2-4-8-21/h2-10,20H,11-19H2,1H3,(H,27,33). The van der Waals surface area contributed by atoms with E-state index in [0.29, 0.717) is 44.2 Å². The summed E-state index contributed by atoms with van der Waals surface area (Å²) in [4.78, 5) is 43.2. The Morgan fingerprint density at radius 3 is 2.37 bits per heavy atom. The third-order valence-electron chi connectivity index (χ3n) is 6.44. The highest BCUT2D eigenvalue weighted by atomic mass is 16.5. The lowest BCUT2D eigenvalue weighted by molar-refractivity contribution is -0.135. The molecule has 2 fully saturated rings. The summed E-state index contributed by atoms with van der Waals surface area (Å²) in [5, 5.41) is 2.98. The highest BCUT2D eigenvalue weighted by molar-refractivity contribution is 6.00. The number of carbonyl (C=O) groups excluding carboxylic acids is 3. The van der Waals surface area contributed by atoms with Gasteiger partial charge in [0.25, 0.3) is 5.91 Å². The number of methoxy groups -OCH3 is 1. The van der Waals surface area contributed by atoms with Gasteiger partial charge in [-0.25, -0.2) is 0 Å². The van der Waals surface area contributed by atoms with Gasteiger partial charge < -0.3 is 24.6 Å². The topological polar surface area (TPSA) is 91.4 Å². The Hall–Kier alpha value is -3.59. The Bertz CT molecular complexity index is 1020. The second-order valence-electron chi connectivity index (χ2n) is 8.69. The van der Waals surface area contributed by atoms with Crippen LogP contribution in [0.3, 0.4) is 0 Å². The van der Waals surface area contributed by atoms with E-state index in [1.807, 2.05) is 42.5 Å². The average Bonchev–Trinajstić information content (AvgIpc) is 3.30. The van der Waals surface area contributed by atoms with Crippen LogP contribution >= 0.6 is 0 Å². The van der Waals surface area contributed by atoms with Crippen molar-refractivity contribution in [1.82, 2.24) is 15.1 Å². The molecule has 35 heavy (non-hydrogen) atoms. The molecule has 0 saturated carbocycles. The molecule has 2 heterocycles. The van der Waals surface area contributed by atoms with Crippen molar-refractivity contribution in [3.63, 3.8) is 0 Å². The van der Waals surface area contributed by atoms with Crippen molar-refractivity contribution in [2.24, 2.45) is 5.92 Å². The van der Waals surface area contributed by atoms with Crippen molar-refractivity contribution in [1.29, 1.82) is 0 Å². The summed E-state index contributed by atoms with van der Waals surface area (Å²) < 4.78 is 10.9. The fraction of sp³-hybridized carbons (Fsp3) is 0.423. The number of hydrogen-bond acceptors (Lipinski definition) is 6. The van der Waals surface area contributed by atoms with Gasteiger partial charge in [0.2, 0.25) is 11.8 Å². The number of piperazine rings is 1. The Morgan fingerprint density at radius 2 is 1.66 bits per heavy atom. The number of nitrogens with zero attached hydrogens (tertiary/aromatic N) is 3. The minimum atomic E-state index is -0.333. The Morgan fingerprint density at radius 1 is 0.971 bits per heavy atom. The summed E-state index contributed by atoms with van der Waals surface area (Å²) in [6.45, 7) is 4.30. The predicted octanol–water partition coefficient (Wildman–Crippen LogP) is 1.39. The lowest BCUT2D eigenvalue weighted by atomic mass is 10.1. The summed E-state index contributed by atoms with van der Waals surface area (Å²) in [5.41, 5.74) is 0.827. The van der Waals surface area contributed by atoms with Gasteiger partial charge in [-0.05, 0) is 24.3 Å². The molecule has 2 saturated heterocycles. The molecule has 186 valence electrons. The molecule has 9 heteroatoms. The van der Waals surface area contributed by atoms with Crippen molar-refractivity contribution in [2.45, 2.75) is 6.42 Å². The zero-order chi connectivity index (χ0) is 24.6. The third kappa shape index (κ3) is 6.30. The van der Waals surface area contributed by atoms with E-state index in [4.69, 9.17) is 9.47 Å². The zero-order valence-electron chi connectivity index (χ0n) is 20.0. The van der Waals surface area contributed by atoms with Gasteiger partial charge in [0.05, 0.1) is 13.0 Å². The Labute approximate surface area is 205 Å². The molecule has 2 aliphatic rings. The first-order valence-corrected chi connectivity index (χ1v) is 11.9. The van der Waals surface area contributed by atoms with Crippen LogP contribution < -0.4 is 19.7 Å². The maximum Gasteiger partial charge on any atom is 0.260 e. The number of amides is 3. The van der Waals surface area contributed by atoms with Crippen LogP contribution in [0.25, 0.3) is 0 Å². The van der Waals surface area contributed by atoms with Crippen molar-refractivity contribution in [2.75, 3.05) is 64.4 Å². The van der Waals surface area contributed by atoms with E-state index >= 15 is 0 Å². The van der Waals surface area contributed by atoms with Gasteiger partial charge in [0, 0.05) is 57.9 Å². The van der Waals surface area contributed by atoms with Crippen LogP contribution in [0, 0.1) is 5.92 Å². The van der Waals surface area contributed by atoms with Gasteiger partial charge in [-0.3, -0.25) is 19.3 Å². The maximum atomic E-state index is 12.6. The fourth-order valence-electron chi connectivity index (χ4n) is 4.41. The molecule has 9 nitrogen and oxygen atoms in total. The van der Waals surface area contributed by atoms with Crippen LogP contribution in [0.5, 0.6) is 11.5 Å². The van der Waals surface area contributed by atoms with Crippen LogP contribution in [0.1, 0.15) is 6.42 Å². The summed E-state index contributed by atoms with van der Waals surface area (Å²) in [5.74, 6) is 0.652. The predicted molar refractivity (Wildman–Crippen MR) is 131 cm³/mol. The van der Waals surface area contributed by atoms with Gasteiger partial charge in [-0.1, -0.05) is 30.3 Å². The van der Waals surface area contributed by atoms with E-state index in [2.05, 4.69) is 10.2 Å². The van der Waals surface area contributed by atoms with Crippen LogP contribution in [-0.2, 0) is 14.4 Å². The van der Waals surface area contributed by atoms with E-state index in [0.717, 1.165) is 18.8 Å². The second-order valence-corrected chi connectivity index (χ2v) is 8.69. The van der Waals surface area contributed by atoms with Crippen LogP contribution in [0.4, 0.5) is 5.69 Å². The number of hydrogen-bond donors (Lipinski definition) is 1. The van der Waals surface area contributed by atoms with Crippen molar-refractivity contribution < 1.29 is 23.9 Å². The first-order chi connectivity index (χ1) is 17.0. The number of carbonyl (C=O) groups is 3. The van der Waals surface area contributed by atoms with E-state index < -0.39 is 0 Å². The van der Waals surface area contributed by atoms with Gasteiger partial charge in [0.1, 0.15) is 0 Å². The van der Waals surface area contributed by atoms with Crippen molar-refractivity contribution in [3.8, 4) is 11.5 Å². The molecule has 2 aromatic rings. The molecule has 0 radical (unpaired) electrons. The van der Waals surface area contributed by atoms with Crippen molar-refractivity contribution >= 4 is 23.4 Å². The minimum Gasteiger partial charge on any atom is -0.493 e. The molecule has 1 atom stereocenters. The fourth-order valence-corrected chi connectivity index (χ4v) is 4.41. The van der Waals surface area contributed by atoms with Crippen LogP contribution in [-0.4, -0.2) is 87.1 Å². The molecule has 4 rings (SSSR count). The SMILES string of the molecule is COc1ccccc1OCC(=O)N1CCN(CCNC(=O)C2CC(=O)N(c3ccccc3)C2)CC1. The summed E-state index contributed by atoms with van der Waals surface area (Å²) in [6.07, 6.45) is 0.235. The van der Waals surface area contributed by atoms with Gasteiger partial charge in [-0.15, -0.1) is 0 Å². The lowest BCUT2D eigenvalue weighted by Gasteiger charge is -2.34. The monoisotopic (exact) mass is 480 g/mol. The molecule has 0 aromatic heterocycles. The molecule has 0 bridgehead atoms. The van der Waals surface area contributed by atoms with E-state index in [1.54, 1.807) is 29.0 Å². The first-order valence-electron chi connectivity index (χ1n) is 11.9. The van der Waals surface area contributed by atoms with Gasteiger partial charge in [-0.2, -0.15) is 0 Å². The number of rotatable bonds is 9. The number of benzene rings is 2. The number of ether oxygens (including phenoxy) is 2. The van der Waals surface area contributed by atoms with Crippen LogP contribution in [0.15, 0.2) is 54.6 Å². The molecule has 0 aliphatic carbocycles. The normalized spacial score (nSPS) is 18.4. The minimum absolute atomic E-state index is 0.0215. The number of nitrogens with one attached hydrogen (secondary N) is 1. The molecule has 3 amide bonds. The average molecular weight is 481 g/mol. The smallest absolute Gasteiger partial charge is 0.260 e. The third-order valence-corrected chi connectivity index (χ3v) is 6.44. The van der Waals surface area contributed by atoms with Gasteiger partial charge >= 0.3 is 0 Å². The molecule has 2 aliphatic heterocycles. The molecule has 1 unspecified atom stereocenters. The largest absolute Gasteiger partial charge is 0.493 e. The first kappa shape index (κ1) is 24.5. The summed E-state index contributed by atoms with van der Waals surface area (Å²) >= 11 is 0. The molecular weight excluding hydrogens is 448 g/mol. The number of para-hydroxylation sites is 3. The van der Waals surface area contributed by atoms with Crippen molar-refractivity contribution in [3.05, 3.63) is 54.6 Å². The highest BCUT2D eigenvalue weighted by Gasteiger charge is 2.35. The maximum absolute atomic E-state index is 12.6.